The molecule has 7 heteroatoms. The van der Waals surface area contributed by atoms with Crippen molar-refractivity contribution in [2.75, 3.05) is 5.32 Å². The van der Waals surface area contributed by atoms with Crippen molar-refractivity contribution in [1.82, 2.24) is 4.98 Å². The van der Waals surface area contributed by atoms with E-state index in [2.05, 4.69) is 10.3 Å². The van der Waals surface area contributed by atoms with Crippen LogP contribution in [0.25, 0.3) is 0 Å². The highest BCUT2D eigenvalue weighted by Gasteiger charge is 2.25. The fourth-order valence-electron chi connectivity index (χ4n) is 2.69. The van der Waals surface area contributed by atoms with Crippen LogP contribution in [-0.4, -0.2) is 21.9 Å². The van der Waals surface area contributed by atoms with E-state index in [1.165, 1.54) is 18.3 Å². The summed E-state index contributed by atoms with van der Waals surface area (Å²) in [4.78, 5) is 27.5. The van der Waals surface area contributed by atoms with Crippen molar-refractivity contribution in [3.63, 3.8) is 0 Å². The predicted octanol–water partition coefficient (Wildman–Crippen LogP) is 3.76. The van der Waals surface area contributed by atoms with Gasteiger partial charge in [-0.15, -0.1) is 0 Å². The lowest BCUT2D eigenvalue weighted by atomic mass is 10.1. The first-order valence-electron chi connectivity index (χ1n) is 8.74. The molecule has 0 aliphatic heterocycles. The van der Waals surface area contributed by atoms with E-state index in [0.717, 1.165) is 11.1 Å². The molecule has 1 atom stereocenters. The highest BCUT2D eigenvalue weighted by molar-refractivity contribution is 5.80. The second-order valence-corrected chi connectivity index (χ2v) is 6.11. The van der Waals surface area contributed by atoms with Crippen molar-refractivity contribution in [2.45, 2.75) is 19.1 Å². The van der Waals surface area contributed by atoms with Crippen LogP contribution in [0.4, 0.5) is 11.5 Å². The van der Waals surface area contributed by atoms with Crippen LogP contribution >= 0.6 is 0 Å². The normalized spacial score (nSPS) is 11.4. The molecule has 0 saturated heterocycles. The quantitative estimate of drug-likeness (QED) is 0.365. The second kappa shape index (κ2) is 9.27. The first-order valence-corrected chi connectivity index (χ1v) is 8.74. The van der Waals surface area contributed by atoms with Crippen LogP contribution < -0.4 is 5.32 Å². The van der Waals surface area contributed by atoms with Crippen molar-refractivity contribution in [3.8, 4) is 0 Å². The lowest BCUT2D eigenvalue weighted by molar-refractivity contribution is -0.384. The highest BCUT2D eigenvalue weighted by atomic mass is 16.6. The molecule has 0 aliphatic carbocycles. The number of ether oxygens (including phenoxy) is 1. The van der Waals surface area contributed by atoms with Crippen molar-refractivity contribution >= 4 is 17.5 Å². The van der Waals surface area contributed by atoms with E-state index in [0.29, 0.717) is 6.42 Å². The van der Waals surface area contributed by atoms with Crippen molar-refractivity contribution < 1.29 is 14.5 Å². The van der Waals surface area contributed by atoms with Gasteiger partial charge in [0.15, 0.2) is 0 Å². The summed E-state index contributed by atoms with van der Waals surface area (Å²) in [5.74, 6) is -0.474. The molecule has 2 aromatic carbocycles. The summed E-state index contributed by atoms with van der Waals surface area (Å²) < 4.78 is 5.44. The molecule has 0 fully saturated rings. The SMILES string of the molecule is O=C(OCc1ccccc1)[C@H](Cc1ccccc1)Nc1ncccc1[N+](=O)[O-]. The molecule has 0 bridgehead atoms. The number of nitrogens with zero attached hydrogens (tertiary/aromatic N) is 2. The Kier molecular flexibility index (Phi) is 6.30. The van der Waals surface area contributed by atoms with Gasteiger partial charge in [0.05, 0.1) is 4.92 Å². The van der Waals surface area contributed by atoms with Crippen LogP contribution in [0, 0.1) is 10.1 Å². The van der Waals surface area contributed by atoms with Gasteiger partial charge in [0.2, 0.25) is 5.82 Å². The highest BCUT2D eigenvalue weighted by Crippen LogP contribution is 2.22. The molecule has 28 heavy (non-hydrogen) atoms. The zero-order valence-electron chi connectivity index (χ0n) is 15.0. The number of carbonyl (C=O) groups is 1. The van der Waals surface area contributed by atoms with Gasteiger partial charge in [-0.05, 0) is 17.2 Å². The fourth-order valence-corrected chi connectivity index (χ4v) is 2.69. The lowest BCUT2D eigenvalue weighted by Crippen LogP contribution is -2.34. The van der Waals surface area contributed by atoms with Crippen LogP contribution in [0.15, 0.2) is 79.0 Å². The number of hydrogen-bond donors (Lipinski definition) is 1. The van der Waals surface area contributed by atoms with Gasteiger partial charge in [-0.2, -0.15) is 0 Å². The molecule has 7 nitrogen and oxygen atoms in total. The van der Waals surface area contributed by atoms with Gasteiger partial charge < -0.3 is 10.1 Å². The van der Waals surface area contributed by atoms with Gasteiger partial charge in [0, 0.05) is 18.7 Å². The standard InChI is InChI=1S/C21H19N3O4/c25-21(28-15-17-10-5-2-6-11-17)18(14-16-8-3-1-4-9-16)23-20-19(24(26)27)12-7-13-22-20/h1-13,18H,14-15H2,(H,22,23)/t18-/m0/s1. The maximum Gasteiger partial charge on any atom is 0.329 e. The van der Waals surface area contributed by atoms with E-state index in [4.69, 9.17) is 4.74 Å². The van der Waals surface area contributed by atoms with Crippen molar-refractivity contribution in [3.05, 3.63) is 100 Å². The lowest BCUT2D eigenvalue weighted by Gasteiger charge is -2.18. The first-order chi connectivity index (χ1) is 13.6. The summed E-state index contributed by atoms with van der Waals surface area (Å²) in [6.45, 7) is 0.122. The van der Waals surface area contributed by atoms with E-state index in [1.54, 1.807) is 0 Å². The maximum absolute atomic E-state index is 12.7. The number of nitro groups is 1. The van der Waals surface area contributed by atoms with Gasteiger partial charge in [0.1, 0.15) is 12.6 Å². The van der Waals surface area contributed by atoms with E-state index >= 15 is 0 Å². The predicted molar refractivity (Wildman–Crippen MR) is 105 cm³/mol. The molecule has 0 amide bonds. The molecule has 142 valence electrons. The molecule has 1 aromatic heterocycles. The summed E-state index contributed by atoms with van der Waals surface area (Å²) in [6.07, 6.45) is 1.74. The van der Waals surface area contributed by atoms with Gasteiger partial charge in [0.25, 0.3) is 0 Å². The van der Waals surface area contributed by atoms with Crippen molar-refractivity contribution in [2.24, 2.45) is 0 Å². The smallest absolute Gasteiger partial charge is 0.329 e. The minimum absolute atomic E-state index is 0.0325. The largest absolute Gasteiger partial charge is 0.459 e. The van der Waals surface area contributed by atoms with Gasteiger partial charge in [-0.25, -0.2) is 9.78 Å². The molecule has 1 heterocycles. The number of carbonyl (C=O) groups excluding carboxylic acids is 1. The van der Waals surface area contributed by atoms with E-state index in [1.807, 2.05) is 60.7 Å². The summed E-state index contributed by atoms with van der Waals surface area (Å²) in [5, 5.41) is 14.1. The van der Waals surface area contributed by atoms with Gasteiger partial charge in [-0.3, -0.25) is 10.1 Å². The van der Waals surface area contributed by atoms with Crippen LogP contribution in [0.5, 0.6) is 0 Å². The zero-order valence-corrected chi connectivity index (χ0v) is 15.0. The third-order valence-electron chi connectivity index (χ3n) is 4.09. The topological polar surface area (TPSA) is 94.4 Å². The monoisotopic (exact) mass is 377 g/mol. The van der Waals surface area contributed by atoms with Gasteiger partial charge in [-0.1, -0.05) is 60.7 Å². The number of hydrogen-bond acceptors (Lipinski definition) is 6. The fraction of sp³-hybridized carbons (Fsp3) is 0.143. The number of rotatable bonds is 8. The summed E-state index contributed by atoms with van der Waals surface area (Å²) in [6, 6.07) is 20.7. The second-order valence-electron chi connectivity index (χ2n) is 6.11. The Morgan fingerprint density at radius 3 is 2.29 bits per heavy atom. The van der Waals surface area contributed by atoms with Crippen LogP contribution in [-0.2, 0) is 22.6 Å². The Morgan fingerprint density at radius 2 is 1.64 bits per heavy atom. The van der Waals surface area contributed by atoms with Gasteiger partial charge >= 0.3 is 11.7 Å². The van der Waals surface area contributed by atoms with E-state index in [9.17, 15) is 14.9 Å². The molecular formula is C21H19N3O4. The molecule has 3 aromatic rings. The molecule has 1 N–H and O–H groups in total. The molecule has 3 rings (SSSR count). The number of pyridine rings is 1. The molecule has 0 radical (unpaired) electrons. The average molecular weight is 377 g/mol. The van der Waals surface area contributed by atoms with Crippen LogP contribution in [0.3, 0.4) is 0 Å². The van der Waals surface area contributed by atoms with Crippen molar-refractivity contribution in [1.29, 1.82) is 0 Å². The molecule has 0 aliphatic rings. The number of aromatic nitrogens is 1. The number of esters is 1. The van der Waals surface area contributed by atoms with E-state index < -0.39 is 16.9 Å². The Bertz CT molecular complexity index is 933. The Labute approximate surface area is 162 Å². The summed E-state index contributed by atoms with van der Waals surface area (Å²) in [7, 11) is 0. The maximum atomic E-state index is 12.7. The Balaban J connectivity index is 1.78. The first kappa shape index (κ1) is 19.0. The molecular weight excluding hydrogens is 358 g/mol. The minimum atomic E-state index is -0.820. The van der Waals surface area contributed by atoms with Crippen LogP contribution in [0.2, 0.25) is 0 Å². The number of benzene rings is 2. The minimum Gasteiger partial charge on any atom is -0.459 e. The molecule has 0 unspecified atom stereocenters. The Hall–Kier alpha value is -3.74. The number of anilines is 1. The number of nitrogens with one attached hydrogen (secondary N) is 1. The van der Waals surface area contributed by atoms with E-state index in [-0.39, 0.29) is 18.1 Å². The zero-order chi connectivity index (χ0) is 19.8. The summed E-state index contributed by atoms with van der Waals surface area (Å²) >= 11 is 0. The third kappa shape index (κ3) is 5.14. The summed E-state index contributed by atoms with van der Waals surface area (Å²) in [5.41, 5.74) is 1.56. The third-order valence-corrected chi connectivity index (χ3v) is 4.09. The van der Waals surface area contributed by atoms with Crippen LogP contribution in [0.1, 0.15) is 11.1 Å². The Morgan fingerprint density at radius 1 is 1.00 bits per heavy atom. The molecule has 0 spiro atoms. The molecule has 0 saturated carbocycles. The average Bonchev–Trinajstić information content (AvgIpc) is 2.73.